The van der Waals surface area contributed by atoms with Crippen LogP contribution in [0.25, 0.3) is 0 Å². The Bertz CT molecular complexity index is 755. The summed E-state index contributed by atoms with van der Waals surface area (Å²) in [6, 6.07) is 9.66. The first kappa shape index (κ1) is 20.2. The summed E-state index contributed by atoms with van der Waals surface area (Å²) in [6.07, 6.45) is 1.82. The molecule has 2 atom stereocenters. The number of aliphatic hydroxyl groups is 1. The molecule has 0 aliphatic carbocycles. The molecule has 1 aliphatic heterocycles. The Hall–Kier alpha value is -2.51. The fraction of sp³-hybridized carbons (Fsp3) is 0.476. The molecule has 2 heterocycles. The number of rotatable bonds is 8. The van der Waals surface area contributed by atoms with E-state index in [4.69, 9.17) is 13.9 Å². The molecule has 28 heavy (non-hydrogen) atoms. The first-order chi connectivity index (χ1) is 13.7. The van der Waals surface area contributed by atoms with Gasteiger partial charge in [0.05, 0.1) is 32.6 Å². The summed E-state index contributed by atoms with van der Waals surface area (Å²) in [7, 11) is 0. The maximum absolute atomic E-state index is 10.2. The molecule has 0 saturated carbocycles. The van der Waals surface area contributed by atoms with E-state index in [9.17, 15) is 5.11 Å². The number of hydrogen-bond acceptors (Lipinski definition) is 5. The molecule has 3 rings (SSSR count). The van der Waals surface area contributed by atoms with Crippen LogP contribution in [0.1, 0.15) is 36.3 Å². The zero-order chi connectivity index (χ0) is 19.8. The molecule has 1 saturated heterocycles. The number of hydrogen-bond donors (Lipinski definition) is 3. The minimum absolute atomic E-state index is 0.0966. The monoisotopic (exact) mass is 387 g/mol. The van der Waals surface area contributed by atoms with Crippen molar-refractivity contribution in [2.24, 2.45) is 4.99 Å². The Labute approximate surface area is 165 Å². The van der Waals surface area contributed by atoms with E-state index in [-0.39, 0.29) is 6.10 Å². The van der Waals surface area contributed by atoms with E-state index in [0.717, 1.165) is 36.4 Å². The van der Waals surface area contributed by atoms with Gasteiger partial charge in [-0.05, 0) is 37.6 Å². The van der Waals surface area contributed by atoms with E-state index < -0.39 is 6.10 Å². The molecule has 152 valence electrons. The van der Waals surface area contributed by atoms with Gasteiger partial charge in [-0.15, -0.1) is 0 Å². The van der Waals surface area contributed by atoms with E-state index >= 15 is 0 Å². The third kappa shape index (κ3) is 5.74. The molecule has 3 N–H and O–H groups in total. The van der Waals surface area contributed by atoms with Crippen molar-refractivity contribution in [3.8, 4) is 5.75 Å². The van der Waals surface area contributed by atoms with Crippen molar-refractivity contribution >= 4 is 5.96 Å². The van der Waals surface area contributed by atoms with E-state index in [1.807, 2.05) is 26.0 Å². The van der Waals surface area contributed by atoms with Crippen molar-refractivity contribution in [3.05, 3.63) is 53.5 Å². The number of ether oxygens (including phenoxy) is 2. The molecule has 2 aromatic rings. The molecule has 7 heteroatoms. The van der Waals surface area contributed by atoms with Crippen molar-refractivity contribution in [2.75, 3.05) is 26.3 Å². The van der Waals surface area contributed by atoms with Crippen LogP contribution in [-0.2, 0) is 11.3 Å². The van der Waals surface area contributed by atoms with Crippen LogP contribution in [0.2, 0.25) is 0 Å². The maximum atomic E-state index is 10.2. The topological polar surface area (TPSA) is 88.3 Å². The Morgan fingerprint density at radius 1 is 1.36 bits per heavy atom. The van der Waals surface area contributed by atoms with Crippen LogP contribution >= 0.6 is 0 Å². The van der Waals surface area contributed by atoms with Crippen LogP contribution in [0.3, 0.4) is 0 Å². The number of aryl methyl sites for hydroxylation is 1. The average molecular weight is 387 g/mol. The molecule has 0 bridgehead atoms. The smallest absolute Gasteiger partial charge is 0.191 e. The second-order valence-electron chi connectivity index (χ2n) is 6.82. The largest absolute Gasteiger partial charge is 0.488 e. The van der Waals surface area contributed by atoms with Gasteiger partial charge in [-0.1, -0.05) is 12.1 Å². The Morgan fingerprint density at radius 3 is 2.96 bits per heavy atom. The van der Waals surface area contributed by atoms with Crippen LogP contribution in [0.5, 0.6) is 5.75 Å². The summed E-state index contributed by atoms with van der Waals surface area (Å²) in [5.41, 5.74) is 2.16. The van der Waals surface area contributed by atoms with Crippen molar-refractivity contribution < 1.29 is 19.0 Å². The van der Waals surface area contributed by atoms with Gasteiger partial charge >= 0.3 is 0 Å². The Morgan fingerprint density at radius 2 is 2.25 bits per heavy atom. The highest BCUT2D eigenvalue weighted by atomic mass is 16.5. The molecule has 0 radical (unpaired) electrons. The van der Waals surface area contributed by atoms with Crippen molar-refractivity contribution in [1.29, 1.82) is 0 Å². The molecule has 0 spiro atoms. The van der Waals surface area contributed by atoms with Gasteiger partial charge in [0.1, 0.15) is 23.7 Å². The first-order valence-electron chi connectivity index (χ1n) is 9.73. The number of nitrogens with one attached hydrogen (secondary N) is 2. The number of guanidine groups is 1. The van der Waals surface area contributed by atoms with Crippen molar-refractivity contribution in [1.82, 2.24) is 10.6 Å². The van der Waals surface area contributed by atoms with Gasteiger partial charge in [-0.3, -0.25) is 0 Å². The van der Waals surface area contributed by atoms with Crippen LogP contribution in [-0.4, -0.2) is 43.5 Å². The van der Waals surface area contributed by atoms with Crippen LogP contribution in [0.4, 0.5) is 0 Å². The van der Waals surface area contributed by atoms with Gasteiger partial charge < -0.3 is 29.6 Å². The molecule has 7 nitrogen and oxygen atoms in total. The zero-order valence-corrected chi connectivity index (χ0v) is 16.5. The fourth-order valence-electron chi connectivity index (χ4n) is 2.97. The standard InChI is InChI=1S/C21H29N3O4/c1-3-22-21(24-13-18(25)19-5-4-9-27-19)23-12-16-7-6-15(2)11-20(16)28-17-8-10-26-14-17/h4-7,9,11,17-18,25H,3,8,10,12-14H2,1-2H3,(H2,22,23,24). The first-order valence-corrected chi connectivity index (χ1v) is 9.73. The zero-order valence-electron chi connectivity index (χ0n) is 16.5. The van der Waals surface area contributed by atoms with E-state index in [1.54, 1.807) is 18.4 Å². The third-order valence-electron chi connectivity index (χ3n) is 4.49. The number of furan rings is 1. The number of aliphatic imine (C=N–C) groups is 1. The second-order valence-corrected chi connectivity index (χ2v) is 6.82. The highest BCUT2D eigenvalue weighted by molar-refractivity contribution is 5.79. The van der Waals surface area contributed by atoms with Crippen LogP contribution in [0, 0.1) is 6.92 Å². The van der Waals surface area contributed by atoms with Crippen molar-refractivity contribution in [3.63, 3.8) is 0 Å². The molecule has 1 aromatic carbocycles. The van der Waals surface area contributed by atoms with Gasteiger partial charge in [-0.25, -0.2) is 4.99 Å². The predicted molar refractivity (Wildman–Crippen MR) is 108 cm³/mol. The van der Waals surface area contributed by atoms with Gasteiger partial charge in [0.2, 0.25) is 0 Å². The van der Waals surface area contributed by atoms with Gasteiger partial charge in [-0.2, -0.15) is 0 Å². The third-order valence-corrected chi connectivity index (χ3v) is 4.49. The van der Waals surface area contributed by atoms with E-state index in [0.29, 0.717) is 31.4 Å². The predicted octanol–water partition coefficient (Wildman–Crippen LogP) is 2.54. The lowest BCUT2D eigenvalue weighted by Gasteiger charge is -2.17. The van der Waals surface area contributed by atoms with Gasteiger partial charge in [0.15, 0.2) is 5.96 Å². The number of nitrogens with zero attached hydrogens (tertiary/aromatic N) is 1. The highest BCUT2D eigenvalue weighted by Gasteiger charge is 2.19. The Balaban J connectivity index is 1.64. The fourth-order valence-corrected chi connectivity index (χ4v) is 2.97. The molecular formula is C21H29N3O4. The lowest BCUT2D eigenvalue weighted by atomic mass is 10.1. The summed E-state index contributed by atoms with van der Waals surface area (Å²) in [4.78, 5) is 4.64. The summed E-state index contributed by atoms with van der Waals surface area (Å²) in [5.74, 6) is 2.01. The van der Waals surface area contributed by atoms with Crippen molar-refractivity contribution in [2.45, 2.75) is 39.0 Å². The Kier molecular flexibility index (Phi) is 7.33. The summed E-state index contributed by atoms with van der Waals surface area (Å²) in [6.45, 7) is 6.92. The second kappa shape index (κ2) is 10.1. The lowest BCUT2D eigenvalue weighted by molar-refractivity contribution is 0.140. The molecule has 2 unspecified atom stereocenters. The van der Waals surface area contributed by atoms with E-state index in [1.165, 1.54) is 0 Å². The normalized spacial score (nSPS) is 18.1. The molecule has 1 fully saturated rings. The molecule has 0 amide bonds. The summed E-state index contributed by atoms with van der Waals surface area (Å²) < 4.78 is 16.8. The SMILES string of the molecule is CCNC(=NCc1ccc(C)cc1OC1CCOC1)NCC(O)c1ccco1. The lowest BCUT2D eigenvalue weighted by Crippen LogP contribution is -2.39. The minimum Gasteiger partial charge on any atom is -0.488 e. The van der Waals surface area contributed by atoms with Gasteiger partial charge in [0.25, 0.3) is 0 Å². The molecular weight excluding hydrogens is 358 g/mol. The number of benzene rings is 1. The summed E-state index contributed by atoms with van der Waals surface area (Å²) in [5, 5.41) is 16.5. The molecule has 1 aromatic heterocycles. The minimum atomic E-state index is -0.737. The quantitative estimate of drug-likeness (QED) is 0.477. The van der Waals surface area contributed by atoms with Crippen LogP contribution < -0.4 is 15.4 Å². The summed E-state index contributed by atoms with van der Waals surface area (Å²) >= 11 is 0. The number of aliphatic hydroxyl groups excluding tert-OH is 1. The maximum Gasteiger partial charge on any atom is 0.191 e. The highest BCUT2D eigenvalue weighted by Crippen LogP contribution is 2.24. The molecule has 1 aliphatic rings. The van der Waals surface area contributed by atoms with Crippen LogP contribution in [0.15, 0.2) is 46.0 Å². The van der Waals surface area contributed by atoms with E-state index in [2.05, 4.69) is 21.7 Å². The average Bonchev–Trinajstić information content (AvgIpc) is 3.39. The van der Waals surface area contributed by atoms with Gasteiger partial charge in [0, 0.05) is 18.5 Å².